The first kappa shape index (κ1) is 8.47. The Balaban J connectivity index is 3.07. The van der Waals surface area contributed by atoms with Crippen LogP contribution in [0.3, 0.4) is 0 Å². The second-order valence-corrected chi connectivity index (χ2v) is 2.00. The van der Waals surface area contributed by atoms with E-state index in [1.807, 2.05) is 0 Å². The molecule has 12 heavy (non-hydrogen) atoms. The number of nitrogens with zero attached hydrogens (tertiary/aromatic N) is 2. The zero-order valence-corrected chi connectivity index (χ0v) is 6.42. The molecule has 0 saturated heterocycles. The van der Waals surface area contributed by atoms with Crippen molar-refractivity contribution in [3.05, 3.63) is 11.4 Å². The van der Waals surface area contributed by atoms with Gasteiger partial charge in [0.25, 0.3) is 11.8 Å². The van der Waals surface area contributed by atoms with E-state index in [0.29, 0.717) is 0 Å². The van der Waals surface area contributed by atoms with E-state index >= 15 is 0 Å². The Kier molecular flexibility index (Phi) is 2.24. The maximum atomic E-state index is 10.8. The van der Waals surface area contributed by atoms with Crippen molar-refractivity contribution in [1.82, 2.24) is 20.2 Å². The molecule has 4 N–H and O–H groups in total. The lowest BCUT2D eigenvalue weighted by Crippen LogP contribution is -2.20. The van der Waals surface area contributed by atoms with E-state index in [2.05, 4.69) is 15.4 Å². The number of nitrogens with two attached hydrogens (primary N) is 1. The average Bonchev–Trinajstić information content (AvgIpc) is 2.50. The Labute approximate surface area is 71.4 Å². The summed E-state index contributed by atoms with van der Waals surface area (Å²) in [5.74, 6) is -1.58. The van der Waals surface area contributed by atoms with Gasteiger partial charge >= 0.3 is 0 Å². The summed E-state index contributed by atoms with van der Waals surface area (Å²) in [5, 5.41) is 8.80. The number of halogens is 1. The number of rotatable bonds is 2. The van der Waals surface area contributed by atoms with Gasteiger partial charge in [-0.15, -0.1) is 10.2 Å². The lowest BCUT2D eigenvalue weighted by Gasteiger charge is -1.91. The van der Waals surface area contributed by atoms with Crippen molar-refractivity contribution in [2.45, 2.75) is 0 Å². The minimum absolute atomic E-state index is 0.225. The number of aromatic nitrogens is 3. The van der Waals surface area contributed by atoms with Gasteiger partial charge in [-0.3, -0.25) is 14.4 Å². The molecule has 0 aliphatic heterocycles. The molecule has 0 bridgehead atoms. The van der Waals surface area contributed by atoms with Crippen LogP contribution in [0.25, 0.3) is 0 Å². The van der Waals surface area contributed by atoms with E-state index in [0.717, 1.165) is 0 Å². The molecule has 0 unspecified atom stereocenters. The number of primary amides is 1. The van der Waals surface area contributed by atoms with Crippen LogP contribution in [0.2, 0.25) is 0 Å². The Hall–Kier alpha value is -1.63. The van der Waals surface area contributed by atoms with Crippen molar-refractivity contribution in [1.29, 1.82) is 0 Å². The third-order valence-corrected chi connectivity index (χ3v) is 1.25. The smallest absolute Gasteiger partial charge is 0.288 e. The van der Waals surface area contributed by atoms with Gasteiger partial charge in [-0.05, 0) is 0 Å². The summed E-state index contributed by atoms with van der Waals surface area (Å²) in [6.07, 6.45) is 0. The molecule has 1 rings (SSSR count). The summed E-state index contributed by atoms with van der Waals surface area (Å²) in [5.41, 5.74) is 4.40. The first-order valence-electron chi connectivity index (χ1n) is 2.78. The maximum Gasteiger partial charge on any atom is 0.288 e. The van der Waals surface area contributed by atoms with Gasteiger partial charge in [0.2, 0.25) is 0 Å². The first-order chi connectivity index (χ1) is 5.66. The van der Waals surface area contributed by atoms with Crippen LogP contribution in [0.1, 0.15) is 21.0 Å². The van der Waals surface area contributed by atoms with E-state index in [4.69, 9.17) is 17.5 Å². The fraction of sp³-hybridized carbons (Fsp3) is 0. The fourth-order valence-corrected chi connectivity index (χ4v) is 0.695. The highest BCUT2D eigenvalue weighted by Crippen LogP contribution is 1.99. The molecule has 0 spiro atoms. The molecule has 0 radical (unpaired) electrons. The van der Waals surface area contributed by atoms with E-state index in [1.165, 1.54) is 0 Å². The molecule has 2 amide bonds. The lowest BCUT2D eigenvalue weighted by molar-refractivity contribution is 0.0951. The monoisotopic (exact) mass is 189 g/mol. The van der Waals surface area contributed by atoms with Crippen LogP contribution < -0.4 is 10.6 Å². The summed E-state index contributed by atoms with van der Waals surface area (Å²) >= 11 is 4.99. The standard InChI is InChI=1S/C4H4ClN5O2/c5-7-4(12)2-1(3(6)11)8-10-9-2/h(H2,6,11)(H,7,12)(H,8,9,10). The maximum absolute atomic E-state index is 10.8. The van der Waals surface area contributed by atoms with E-state index < -0.39 is 11.8 Å². The zero-order valence-electron chi connectivity index (χ0n) is 5.67. The summed E-state index contributed by atoms with van der Waals surface area (Å²) < 4.78 is 0. The lowest BCUT2D eigenvalue weighted by atomic mass is 10.3. The average molecular weight is 190 g/mol. The van der Waals surface area contributed by atoms with Crippen molar-refractivity contribution in [3.8, 4) is 0 Å². The molecule has 0 fully saturated rings. The van der Waals surface area contributed by atoms with Crippen LogP contribution >= 0.6 is 11.8 Å². The predicted molar refractivity (Wildman–Crippen MR) is 38.2 cm³/mol. The van der Waals surface area contributed by atoms with Crippen LogP contribution in [-0.4, -0.2) is 27.2 Å². The number of hydrogen-bond acceptors (Lipinski definition) is 4. The normalized spacial score (nSPS) is 9.42. The Morgan fingerprint density at radius 3 is 2.50 bits per heavy atom. The minimum Gasteiger partial charge on any atom is -0.364 e. The molecule has 0 atom stereocenters. The van der Waals surface area contributed by atoms with Crippen molar-refractivity contribution >= 4 is 23.6 Å². The number of carbonyl (C=O) groups excluding carboxylic acids is 2. The third-order valence-electron chi connectivity index (χ3n) is 1.08. The van der Waals surface area contributed by atoms with E-state index in [9.17, 15) is 9.59 Å². The molecule has 8 heteroatoms. The van der Waals surface area contributed by atoms with Crippen LogP contribution in [0.15, 0.2) is 0 Å². The first-order valence-corrected chi connectivity index (χ1v) is 3.16. The summed E-state index contributed by atoms with van der Waals surface area (Å²) in [7, 11) is 0. The summed E-state index contributed by atoms with van der Waals surface area (Å²) in [4.78, 5) is 23.2. The fourth-order valence-electron chi connectivity index (χ4n) is 0.606. The number of nitrogens with one attached hydrogen (secondary N) is 2. The van der Waals surface area contributed by atoms with E-state index in [-0.39, 0.29) is 11.4 Å². The highest BCUT2D eigenvalue weighted by atomic mass is 35.5. The number of amides is 2. The Bertz CT molecular complexity index is 321. The highest BCUT2D eigenvalue weighted by molar-refractivity contribution is 6.24. The van der Waals surface area contributed by atoms with Gasteiger partial charge in [0.05, 0.1) is 0 Å². The van der Waals surface area contributed by atoms with Gasteiger partial charge in [0, 0.05) is 11.8 Å². The number of H-pyrrole nitrogens is 1. The topological polar surface area (TPSA) is 114 Å². The second-order valence-electron chi connectivity index (χ2n) is 1.81. The molecule has 0 aliphatic rings. The zero-order chi connectivity index (χ0) is 9.14. The van der Waals surface area contributed by atoms with Gasteiger partial charge < -0.3 is 5.73 Å². The summed E-state index contributed by atoms with van der Waals surface area (Å²) in [6.45, 7) is 0. The minimum atomic E-state index is -0.848. The molecule has 1 heterocycles. The molecule has 64 valence electrons. The molecule has 0 aromatic carbocycles. The SMILES string of the molecule is NC(=O)c1n[nH]nc1C(=O)NCl. The Morgan fingerprint density at radius 2 is 2.00 bits per heavy atom. The van der Waals surface area contributed by atoms with Crippen LogP contribution in [0, 0.1) is 0 Å². The van der Waals surface area contributed by atoms with Gasteiger partial charge in [-0.2, -0.15) is 5.21 Å². The van der Waals surface area contributed by atoms with E-state index in [1.54, 1.807) is 4.84 Å². The third kappa shape index (κ3) is 1.35. The molecule has 0 saturated carbocycles. The van der Waals surface area contributed by atoms with Gasteiger partial charge in [-0.25, -0.2) is 0 Å². The molecular weight excluding hydrogens is 186 g/mol. The molecule has 1 aromatic rings. The van der Waals surface area contributed by atoms with Crippen molar-refractivity contribution < 1.29 is 9.59 Å². The number of carbonyl (C=O) groups is 2. The molecule has 1 aromatic heterocycles. The largest absolute Gasteiger partial charge is 0.364 e. The van der Waals surface area contributed by atoms with Gasteiger partial charge in [0.1, 0.15) is 0 Å². The van der Waals surface area contributed by atoms with Crippen LogP contribution in [0.5, 0.6) is 0 Å². The van der Waals surface area contributed by atoms with Crippen LogP contribution in [-0.2, 0) is 0 Å². The van der Waals surface area contributed by atoms with Crippen molar-refractivity contribution in [3.63, 3.8) is 0 Å². The number of aromatic amines is 1. The summed E-state index contributed by atoms with van der Waals surface area (Å²) in [6, 6.07) is 0. The quantitative estimate of drug-likeness (QED) is 0.507. The number of hydrogen-bond donors (Lipinski definition) is 3. The highest BCUT2D eigenvalue weighted by Gasteiger charge is 2.19. The second kappa shape index (κ2) is 3.18. The molecular formula is C4H4ClN5O2. The van der Waals surface area contributed by atoms with Crippen LogP contribution in [0.4, 0.5) is 0 Å². The van der Waals surface area contributed by atoms with Gasteiger partial charge in [0.15, 0.2) is 11.4 Å². The Morgan fingerprint density at radius 1 is 1.42 bits per heavy atom. The molecule has 7 nitrogen and oxygen atoms in total. The van der Waals surface area contributed by atoms with Gasteiger partial charge in [-0.1, -0.05) is 0 Å². The van der Waals surface area contributed by atoms with Crippen molar-refractivity contribution in [2.75, 3.05) is 0 Å². The molecule has 0 aliphatic carbocycles. The van der Waals surface area contributed by atoms with Crippen molar-refractivity contribution in [2.24, 2.45) is 5.73 Å². The predicted octanol–water partition coefficient (Wildman–Crippen LogP) is -1.21.